The molecule has 1 heterocycles. The molecule has 2 N–H and O–H groups in total. The van der Waals surface area contributed by atoms with Gasteiger partial charge in [-0.05, 0) is 34.9 Å². The van der Waals surface area contributed by atoms with Gasteiger partial charge in [-0.3, -0.25) is 9.59 Å². The van der Waals surface area contributed by atoms with Crippen LogP contribution in [0.2, 0.25) is 0 Å². The zero-order valence-electron chi connectivity index (χ0n) is 16.1. The van der Waals surface area contributed by atoms with Gasteiger partial charge in [0.05, 0.1) is 18.5 Å². The van der Waals surface area contributed by atoms with Gasteiger partial charge in [0.1, 0.15) is 0 Å². The Morgan fingerprint density at radius 2 is 1.73 bits per heavy atom. The van der Waals surface area contributed by atoms with Crippen molar-refractivity contribution in [3.05, 3.63) is 57.8 Å². The fraction of sp³-hybridized carbons (Fsp3) is 0.429. The molecule has 140 valence electrons. The summed E-state index contributed by atoms with van der Waals surface area (Å²) in [6.07, 6.45) is 0.227. The summed E-state index contributed by atoms with van der Waals surface area (Å²) in [5.74, 6) is -0.216. The number of hydrogen-bond acceptors (Lipinski definition) is 3. The van der Waals surface area contributed by atoms with Crippen LogP contribution in [0.1, 0.15) is 69.1 Å². The van der Waals surface area contributed by atoms with Gasteiger partial charge in [0.25, 0.3) is 0 Å². The molecule has 2 amide bonds. The van der Waals surface area contributed by atoms with Crippen LogP contribution in [-0.2, 0) is 15.0 Å². The highest BCUT2D eigenvalue weighted by Gasteiger charge is 2.20. The van der Waals surface area contributed by atoms with Crippen molar-refractivity contribution in [2.45, 2.75) is 58.5 Å². The number of carbonyl (C=O) groups is 2. The molecule has 1 aromatic heterocycles. The van der Waals surface area contributed by atoms with Crippen LogP contribution < -0.4 is 10.6 Å². The number of rotatable bonds is 6. The predicted molar refractivity (Wildman–Crippen MR) is 107 cm³/mol. The van der Waals surface area contributed by atoms with E-state index in [1.54, 1.807) is 0 Å². The first-order valence-electron chi connectivity index (χ1n) is 8.87. The molecule has 0 saturated heterocycles. The van der Waals surface area contributed by atoms with E-state index in [2.05, 4.69) is 55.7 Å². The zero-order chi connectivity index (χ0) is 19.3. The van der Waals surface area contributed by atoms with Crippen molar-refractivity contribution >= 4 is 23.2 Å². The Balaban J connectivity index is 2.00. The van der Waals surface area contributed by atoms with E-state index in [0.29, 0.717) is 0 Å². The van der Waals surface area contributed by atoms with Crippen LogP contribution in [0, 0.1) is 0 Å². The van der Waals surface area contributed by atoms with Crippen LogP contribution in [0.15, 0.2) is 41.8 Å². The Kier molecular flexibility index (Phi) is 6.59. The first kappa shape index (κ1) is 20.2. The predicted octanol–water partition coefficient (Wildman–Crippen LogP) is 4.49. The smallest absolute Gasteiger partial charge is 0.222 e. The van der Waals surface area contributed by atoms with Crippen LogP contribution in [-0.4, -0.2) is 11.8 Å². The third-order valence-electron chi connectivity index (χ3n) is 4.31. The number of benzene rings is 1. The Hall–Kier alpha value is -2.14. The molecule has 0 aliphatic heterocycles. The molecule has 4 nitrogen and oxygen atoms in total. The van der Waals surface area contributed by atoms with Gasteiger partial charge in [0, 0.05) is 11.8 Å². The van der Waals surface area contributed by atoms with Crippen molar-refractivity contribution < 1.29 is 9.59 Å². The van der Waals surface area contributed by atoms with E-state index in [1.165, 1.54) is 23.8 Å². The van der Waals surface area contributed by atoms with E-state index >= 15 is 0 Å². The summed E-state index contributed by atoms with van der Waals surface area (Å²) in [7, 11) is 0. The standard InChI is InChI=1S/C21H28N2O2S/c1-14(16-8-10-17(11-9-16)21(3,4)5)22-20(25)13-18(23-15(2)24)19-7-6-12-26-19/h6-12,14,18H,13H2,1-5H3,(H,22,25)(H,23,24). The molecule has 0 fully saturated rings. The average molecular weight is 373 g/mol. The SMILES string of the molecule is CC(=O)NC(CC(=O)NC(C)c1ccc(C(C)(C)C)cc1)c1cccs1. The molecule has 2 rings (SSSR count). The molecule has 0 saturated carbocycles. The number of nitrogens with one attached hydrogen (secondary N) is 2. The highest BCUT2D eigenvalue weighted by molar-refractivity contribution is 7.10. The lowest BCUT2D eigenvalue weighted by molar-refractivity contribution is -0.123. The second-order valence-electron chi connectivity index (χ2n) is 7.63. The van der Waals surface area contributed by atoms with Crippen molar-refractivity contribution in [2.75, 3.05) is 0 Å². The quantitative estimate of drug-likeness (QED) is 0.785. The number of thiophene rings is 1. The van der Waals surface area contributed by atoms with Crippen LogP contribution >= 0.6 is 11.3 Å². The van der Waals surface area contributed by atoms with Crippen LogP contribution in [0.3, 0.4) is 0 Å². The van der Waals surface area contributed by atoms with Gasteiger partial charge < -0.3 is 10.6 Å². The lowest BCUT2D eigenvalue weighted by Crippen LogP contribution is -2.33. The van der Waals surface area contributed by atoms with E-state index in [4.69, 9.17) is 0 Å². The lowest BCUT2D eigenvalue weighted by Gasteiger charge is -2.21. The van der Waals surface area contributed by atoms with Crippen molar-refractivity contribution in [3.63, 3.8) is 0 Å². The molecular weight excluding hydrogens is 344 g/mol. The van der Waals surface area contributed by atoms with E-state index in [1.807, 2.05) is 24.4 Å². The minimum atomic E-state index is -0.289. The van der Waals surface area contributed by atoms with E-state index in [9.17, 15) is 9.59 Å². The van der Waals surface area contributed by atoms with Crippen LogP contribution in [0.25, 0.3) is 0 Å². The highest BCUT2D eigenvalue weighted by Crippen LogP contribution is 2.25. The largest absolute Gasteiger partial charge is 0.350 e. The second-order valence-corrected chi connectivity index (χ2v) is 8.61. The summed E-state index contributed by atoms with van der Waals surface area (Å²) in [5.41, 5.74) is 2.44. The summed E-state index contributed by atoms with van der Waals surface area (Å²) >= 11 is 1.54. The number of carbonyl (C=O) groups excluding carboxylic acids is 2. The molecule has 0 radical (unpaired) electrons. The lowest BCUT2D eigenvalue weighted by atomic mass is 9.86. The number of hydrogen-bond donors (Lipinski definition) is 2. The van der Waals surface area contributed by atoms with Gasteiger partial charge in [0.15, 0.2) is 0 Å². The maximum atomic E-state index is 12.5. The van der Waals surface area contributed by atoms with E-state index in [-0.39, 0.29) is 35.7 Å². The first-order valence-corrected chi connectivity index (χ1v) is 9.75. The van der Waals surface area contributed by atoms with Crippen molar-refractivity contribution in [1.29, 1.82) is 0 Å². The van der Waals surface area contributed by atoms with Gasteiger partial charge in [-0.15, -0.1) is 11.3 Å². The maximum Gasteiger partial charge on any atom is 0.222 e. The molecule has 26 heavy (non-hydrogen) atoms. The molecule has 0 aliphatic rings. The minimum absolute atomic E-state index is 0.0791. The third kappa shape index (κ3) is 5.70. The van der Waals surface area contributed by atoms with Crippen molar-refractivity contribution in [1.82, 2.24) is 10.6 Å². The Morgan fingerprint density at radius 3 is 2.23 bits per heavy atom. The fourth-order valence-electron chi connectivity index (χ4n) is 2.80. The highest BCUT2D eigenvalue weighted by atomic mass is 32.1. The molecule has 0 spiro atoms. The Bertz CT molecular complexity index is 730. The van der Waals surface area contributed by atoms with Gasteiger partial charge >= 0.3 is 0 Å². The Morgan fingerprint density at radius 1 is 1.08 bits per heavy atom. The number of amides is 2. The molecule has 2 atom stereocenters. The summed E-state index contributed by atoms with van der Waals surface area (Å²) in [4.78, 5) is 24.9. The van der Waals surface area contributed by atoms with Gasteiger partial charge in [-0.1, -0.05) is 51.1 Å². The summed E-state index contributed by atoms with van der Waals surface area (Å²) in [5, 5.41) is 7.84. The third-order valence-corrected chi connectivity index (χ3v) is 5.29. The van der Waals surface area contributed by atoms with Gasteiger partial charge in [0.2, 0.25) is 11.8 Å². The molecule has 1 aromatic carbocycles. The van der Waals surface area contributed by atoms with Gasteiger partial charge in [-0.25, -0.2) is 0 Å². The van der Waals surface area contributed by atoms with E-state index in [0.717, 1.165) is 10.4 Å². The summed E-state index contributed by atoms with van der Waals surface area (Å²) in [6, 6.07) is 11.8. The van der Waals surface area contributed by atoms with Crippen molar-refractivity contribution in [3.8, 4) is 0 Å². The molecule has 0 bridgehead atoms. The van der Waals surface area contributed by atoms with Gasteiger partial charge in [-0.2, -0.15) is 0 Å². The van der Waals surface area contributed by atoms with Crippen molar-refractivity contribution in [2.24, 2.45) is 0 Å². The summed E-state index contributed by atoms with van der Waals surface area (Å²) in [6.45, 7) is 9.99. The molecule has 5 heteroatoms. The van der Waals surface area contributed by atoms with Crippen LogP contribution in [0.5, 0.6) is 0 Å². The second kappa shape index (κ2) is 8.49. The molecule has 2 aromatic rings. The summed E-state index contributed by atoms with van der Waals surface area (Å²) < 4.78 is 0. The monoisotopic (exact) mass is 372 g/mol. The average Bonchev–Trinajstić information content (AvgIpc) is 3.07. The minimum Gasteiger partial charge on any atom is -0.350 e. The molecule has 0 aliphatic carbocycles. The first-order chi connectivity index (χ1) is 12.2. The maximum absolute atomic E-state index is 12.5. The van der Waals surface area contributed by atoms with Crippen LogP contribution in [0.4, 0.5) is 0 Å². The zero-order valence-corrected chi connectivity index (χ0v) is 16.9. The molecular formula is C21H28N2O2S. The molecule has 2 unspecified atom stereocenters. The fourth-order valence-corrected chi connectivity index (χ4v) is 3.58. The topological polar surface area (TPSA) is 58.2 Å². The van der Waals surface area contributed by atoms with E-state index < -0.39 is 0 Å². The Labute approximate surface area is 160 Å². The normalized spacial score (nSPS) is 13.7.